The molecule has 0 aromatic heterocycles. The highest BCUT2D eigenvalue weighted by Crippen LogP contribution is 2.42. The minimum absolute atomic E-state index is 0.301. The highest BCUT2D eigenvalue weighted by atomic mass is 16.6. The number of benzene rings is 1. The smallest absolute Gasteiger partial charge is 0.387 e. The molecule has 0 saturated heterocycles. The summed E-state index contributed by atoms with van der Waals surface area (Å²) in [6, 6.07) is 2.37. The Balaban J connectivity index is 3.61. The zero-order valence-corrected chi connectivity index (χ0v) is 9.63. The van der Waals surface area contributed by atoms with Gasteiger partial charge in [-0.25, -0.2) is 0 Å². The van der Waals surface area contributed by atoms with Gasteiger partial charge in [-0.2, -0.15) is 0 Å². The SMILES string of the molecule is CC(C)(C)c1ccc([N+](=O)[O-])c([N+](=O)[O-])c1O. The Morgan fingerprint density at radius 2 is 1.65 bits per heavy atom. The van der Waals surface area contributed by atoms with E-state index in [4.69, 9.17) is 0 Å². The molecular weight excluding hydrogens is 228 g/mol. The van der Waals surface area contributed by atoms with Crippen molar-refractivity contribution in [1.29, 1.82) is 0 Å². The number of aromatic hydroxyl groups is 1. The Bertz CT molecular complexity index is 490. The number of nitro benzene ring substituents is 2. The molecule has 1 aromatic rings. The van der Waals surface area contributed by atoms with Crippen LogP contribution in [0.2, 0.25) is 0 Å². The Hall–Kier alpha value is -2.18. The third kappa shape index (κ3) is 2.32. The number of phenolic OH excluding ortho intramolecular Hbond substituents is 1. The predicted octanol–water partition coefficient (Wildman–Crippen LogP) is 2.51. The first-order chi connectivity index (χ1) is 7.66. The van der Waals surface area contributed by atoms with E-state index >= 15 is 0 Å². The average Bonchev–Trinajstić information content (AvgIpc) is 2.13. The Morgan fingerprint density at radius 3 is 2.00 bits per heavy atom. The van der Waals surface area contributed by atoms with Crippen LogP contribution in [-0.2, 0) is 5.41 Å². The molecule has 0 radical (unpaired) electrons. The first kappa shape index (κ1) is 12.9. The summed E-state index contributed by atoms with van der Waals surface area (Å²) in [6.07, 6.45) is 0. The second kappa shape index (κ2) is 4.00. The predicted molar refractivity (Wildman–Crippen MR) is 60.1 cm³/mol. The van der Waals surface area contributed by atoms with E-state index in [2.05, 4.69) is 0 Å². The maximum atomic E-state index is 10.8. The lowest BCUT2D eigenvalue weighted by Crippen LogP contribution is -2.12. The molecule has 92 valence electrons. The van der Waals surface area contributed by atoms with Crippen LogP contribution in [0, 0.1) is 20.2 Å². The van der Waals surface area contributed by atoms with Gasteiger partial charge >= 0.3 is 11.4 Å². The van der Waals surface area contributed by atoms with Crippen LogP contribution in [-0.4, -0.2) is 15.0 Å². The van der Waals surface area contributed by atoms with Gasteiger partial charge in [0.1, 0.15) is 0 Å². The van der Waals surface area contributed by atoms with Gasteiger partial charge in [0.05, 0.1) is 9.85 Å². The standard InChI is InChI=1S/C10H12N2O5/c1-10(2,3)6-4-5-7(11(14)15)8(9(6)13)12(16)17/h4-5,13H,1-3H3. The molecule has 0 aliphatic heterocycles. The minimum Gasteiger partial charge on any atom is -0.502 e. The molecule has 7 heteroatoms. The quantitative estimate of drug-likeness (QED) is 0.631. The third-order valence-electron chi connectivity index (χ3n) is 2.32. The lowest BCUT2D eigenvalue weighted by atomic mass is 9.86. The molecule has 17 heavy (non-hydrogen) atoms. The number of hydrogen-bond acceptors (Lipinski definition) is 5. The molecule has 0 amide bonds. The van der Waals surface area contributed by atoms with Crippen molar-refractivity contribution < 1.29 is 15.0 Å². The van der Waals surface area contributed by atoms with E-state index in [9.17, 15) is 25.3 Å². The monoisotopic (exact) mass is 240 g/mol. The molecule has 0 bridgehead atoms. The van der Waals surface area contributed by atoms with Crippen molar-refractivity contribution in [1.82, 2.24) is 0 Å². The number of nitro groups is 2. The largest absolute Gasteiger partial charge is 0.502 e. The molecule has 0 aliphatic carbocycles. The second-order valence-electron chi connectivity index (χ2n) is 4.59. The van der Waals surface area contributed by atoms with E-state index in [0.29, 0.717) is 5.56 Å². The molecule has 1 N–H and O–H groups in total. The van der Waals surface area contributed by atoms with Gasteiger partial charge in [0, 0.05) is 11.6 Å². The third-order valence-corrected chi connectivity index (χ3v) is 2.32. The van der Waals surface area contributed by atoms with E-state index in [1.165, 1.54) is 6.07 Å². The van der Waals surface area contributed by atoms with Crippen LogP contribution in [0.3, 0.4) is 0 Å². The average molecular weight is 240 g/mol. The first-order valence-corrected chi connectivity index (χ1v) is 4.81. The highest BCUT2D eigenvalue weighted by molar-refractivity contribution is 5.65. The van der Waals surface area contributed by atoms with Gasteiger partial charge in [-0.3, -0.25) is 20.2 Å². The molecule has 0 atom stereocenters. The molecule has 0 spiro atoms. The fourth-order valence-electron chi connectivity index (χ4n) is 1.50. The van der Waals surface area contributed by atoms with Gasteiger partial charge in [-0.1, -0.05) is 20.8 Å². The van der Waals surface area contributed by atoms with Gasteiger partial charge in [0.15, 0.2) is 0 Å². The summed E-state index contributed by atoms with van der Waals surface area (Å²) >= 11 is 0. The van der Waals surface area contributed by atoms with Crippen molar-refractivity contribution in [3.05, 3.63) is 37.9 Å². The molecule has 7 nitrogen and oxygen atoms in total. The molecular formula is C10H12N2O5. The van der Waals surface area contributed by atoms with Crippen molar-refractivity contribution in [3.8, 4) is 5.75 Å². The molecule has 0 unspecified atom stereocenters. The fourth-order valence-corrected chi connectivity index (χ4v) is 1.50. The summed E-state index contributed by atoms with van der Waals surface area (Å²) < 4.78 is 0. The summed E-state index contributed by atoms with van der Waals surface area (Å²) in [7, 11) is 0. The summed E-state index contributed by atoms with van der Waals surface area (Å²) in [5, 5.41) is 31.2. The van der Waals surface area contributed by atoms with Crippen LogP contribution in [0.15, 0.2) is 12.1 Å². The van der Waals surface area contributed by atoms with Gasteiger partial charge < -0.3 is 5.11 Å². The second-order valence-corrected chi connectivity index (χ2v) is 4.59. The summed E-state index contributed by atoms with van der Waals surface area (Å²) in [6.45, 7) is 5.24. The number of nitrogens with zero attached hydrogens (tertiary/aromatic N) is 2. The topological polar surface area (TPSA) is 107 Å². The van der Waals surface area contributed by atoms with Crippen LogP contribution in [0.1, 0.15) is 26.3 Å². The van der Waals surface area contributed by atoms with E-state index in [0.717, 1.165) is 6.07 Å². The summed E-state index contributed by atoms with van der Waals surface area (Å²) in [4.78, 5) is 19.6. The molecule has 0 fully saturated rings. The number of phenols is 1. The van der Waals surface area contributed by atoms with Gasteiger partial charge in [-0.15, -0.1) is 0 Å². The van der Waals surface area contributed by atoms with Crippen molar-refractivity contribution in [2.75, 3.05) is 0 Å². The van der Waals surface area contributed by atoms with Crippen LogP contribution in [0.5, 0.6) is 5.75 Å². The minimum atomic E-state index is -0.942. The van der Waals surface area contributed by atoms with Gasteiger partial charge in [0.2, 0.25) is 5.75 Å². The Labute approximate surface area is 97.0 Å². The van der Waals surface area contributed by atoms with E-state index in [-0.39, 0.29) is 0 Å². The number of hydrogen-bond donors (Lipinski definition) is 1. The van der Waals surface area contributed by atoms with Crippen molar-refractivity contribution >= 4 is 11.4 Å². The summed E-state index contributed by atoms with van der Waals surface area (Å²) in [5.74, 6) is -0.642. The van der Waals surface area contributed by atoms with Crippen molar-refractivity contribution in [2.24, 2.45) is 0 Å². The van der Waals surface area contributed by atoms with Gasteiger partial charge in [0.25, 0.3) is 0 Å². The Kier molecular flexibility index (Phi) is 3.03. The van der Waals surface area contributed by atoms with E-state index < -0.39 is 32.4 Å². The molecule has 1 rings (SSSR count). The molecule has 1 aromatic carbocycles. The maximum absolute atomic E-state index is 10.8. The maximum Gasteiger partial charge on any atom is 0.387 e. The lowest BCUT2D eigenvalue weighted by molar-refractivity contribution is -0.423. The van der Waals surface area contributed by atoms with Crippen LogP contribution < -0.4 is 0 Å². The number of rotatable bonds is 2. The van der Waals surface area contributed by atoms with Crippen LogP contribution >= 0.6 is 0 Å². The molecule has 0 heterocycles. The first-order valence-electron chi connectivity index (χ1n) is 4.81. The van der Waals surface area contributed by atoms with Crippen molar-refractivity contribution in [2.45, 2.75) is 26.2 Å². The zero-order valence-electron chi connectivity index (χ0n) is 9.63. The fraction of sp³-hybridized carbons (Fsp3) is 0.400. The zero-order chi connectivity index (χ0) is 13.4. The summed E-state index contributed by atoms with van der Waals surface area (Å²) in [5.41, 5.74) is -1.80. The Morgan fingerprint density at radius 1 is 1.12 bits per heavy atom. The highest BCUT2D eigenvalue weighted by Gasteiger charge is 2.33. The van der Waals surface area contributed by atoms with Crippen LogP contribution in [0.4, 0.5) is 11.4 Å². The van der Waals surface area contributed by atoms with Crippen molar-refractivity contribution in [3.63, 3.8) is 0 Å². The van der Waals surface area contributed by atoms with E-state index in [1.807, 2.05) is 0 Å². The van der Waals surface area contributed by atoms with Crippen LogP contribution in [0.25, 0.3) is 0 Å². The normalized spacial score (nSPS) is 11.2. The van der Waals surface area contributed by atoms with Gasteiger partial charge in [-0.05, 0) is 11.5 Å². The molecule has 0 saturated carbocycles. The molecule has 0 aliphatic rings. The van der Waals surface area contributed by atoms with E-state index in [1.54, 1.807) is 20.8 Å². The lowest BCUT2D eigenvalue weighted by Gasteiger charge is -2.19.